The van der Waals surface area contributed by atoms with Gasteiger partial charge < -0.3 is 5.32 Å². The van der Waals surface area contributed by atoms with Gasteiger partial charge >= 0.3 is 0 Å². The van der Waals surface area contributed by atoms with Gasteiger partial charge in [0, 0.05) is 15.5 Å². The lowest BCUT2D eigenvalue weighted by Gasteiger charge is -2.08. The van der Waals surface area contributed by atoms with Gasteiger partial charge in [0.1, 0.15) is 0 Å². The molecule has 1 aliphatic rings. The van der Waals surface area contributed by atoms with Crippen molar-refractivity contribution in [1.29, 1.82) is 0 Å². The van der Waals surface area contributed by atoms with Crippen LogP contribution in [0.1, 0.15) is 10.4 Å². The average molecular weight is 321 g/mol. The highest BCUT2D eigenvalue weighted by atomic mass is 35.5. The van der Waals surface area contributed by atoms with Crippen molar-refractivity contribution < 1.29 is 9.63 Å². The minimum absolute atomic E-state index is 0.182. The molecule has 0 saturated carbocycles. The van der Waals surface area contributed by atoms with Crippen LogP contribution in [0.2, 0.25) is 5.02 Å². The predicted molar refractivity (Wildman–Crippen MR) is 83.6 cm³/mol. The number of hydrogen-bond acceptors (Lipinski definition) is 4. The maximum Gasteiger partial charge on any atom is 0.256 e. The Morgan fingerprint density at radius 3 is 2.95 bits per heavy atom. The summed E-state index contributed by atoms with van der Waals surface area (Å²) >= 11 is 7.73. The SMILES string of the molecule is O=C(NCc1cccs1)[C@H]1C=C(c2ccccc2Cl)NO1. The summed E-state index contributed by atoms with van der Waals surface area (Å²) in [5.41, 5.74) is 4.27. The van der Waals surface area contributed by atoms with E-state index in [9.17, 15) is 4.79 Å². The zero-order chi connectivity index (χ0) is 14.7. The number of hydrogen-bond donors (Lipinski definition) is 2. The van der Waals surface area contributed by atoms with Gasteiger partial charge in [0.15, 0.2) is 6.10 Å². The molecule has 0 unspecified atom stereocenters. The summed E-state index contributed by atoms with van der Waals surface area (Å²) in [6, 6.07) is 11.3. The van der Waals surface area contributed by atoms with Gasteiger partial charge in [0.05, 0.1) is 12.2 Å². The zero-order valence-electron chi connectivity index (χ0n) is 11.0. The van der Waals surface area contributed by atoms with E-state index in [0.717, 1.165) is 10.4 Å². The fourth-order valence-electron chi connectivity index (χ4n) is 1.99. The minimum Gasteiger partial charge on any atom is -0.349 e. The van der Waals surface area contributed by atoms with Gasteiger partial charge in [0.2, 0.25) is 0 Å². The van der Waals surface area contributed by atoms with Crippen molar-refractivity contribution in [2.75, 3.05) is 0 Å². The molecule has 0 saturated heterocycles. The van der Waals surface area contributed by atoms with Crippen LogP contribution in [0.4, 0.5) is 0 Å². The highest BCUT2D eigenvalue weighted by Crippen LogP contribution is 2.25. The van der Waals surface area contributed by atoms with Crippen LogP contribution in [-0.2, 0) is 16.2 Å². The van der Waals surface area contributed by atoms with Crippen molar-refractivity contribution in [3.63, 3.8) is 0 Å². The zero-order valence-corrected chi connectivity index (χ0v) is 12.6. The van der Waals surface area contributed by atoms with Crippen LogP contribution in [0.5, 0.6) is 0 Å². The van der Waals surface area contributed by atoms with Gasteiger partial charge in [-0.25, -0.2) is 0 Å². The summed E-state index contributed by atoms with van der Waals surface area (Å²) < 4.78 is 0. The number of rotatable bonds is 4. The second-order valence-corrected chi connectivity index (χ2v) is 5.94. The van der Waals surface area contributed by atoms with Crippen molar-refractivity contribution in [3.05, 3.63) is 63.3 Å². The minimum atomic E-state index is -0.656. The first kappa shape index (κ1) is 14.1. The number of hydroxylamine groups is 1. The number of halogens is 1. The Morgan fingerprint density at radius 2 is 2.19 bits per heavy atom. The quantitative estimate of drug-likeness (QED) is 0.910. The Hall–Kier alpha value is -1.82. The lowest BCUT2D eigenvalue weighted by Crippen LogP contribution is -2.34. The number of carbonyl (C=O) groups excluding carboxylic acids is 1. The fourth-order valence-corrected chi connectivity index (χ4v) is 2.87. The van der Waals surface area contributed by atoms with E-state index >= 15 is 0 Å². The number of benzene rings is 1. The molecule has 0 aliphatic carbocycles. The van der Waals surface area contributed by atoms with E-state index in [-0.39, 0.29) is 5.91 Å². The van der Waals surface area contributed by atoms with E-state index in [1.54, 1.807) is 23.5 Å². The normalized spacial score (nSPS) is 17.2. The van der Waals surface area contributed by atoms with Crippen LogP contribution >= 0.6 is 22.9 Å². The monoisotopic (exact) mass is 320 g/mol. The van der Waals surface area contributed by atoms with Gasteiger partial charge in [-0.15, -0.1) is 11.3 Å². The number of amides is 1. The second kappa shape index (κ2) is 6.30. The third kappa shape index (κ3) is 3.26. The van der Waals surface area contributed by atoms with Crippen molar-refractivity contribution >= 4 is 34.5 Å². The van der Waals surface area contributed by atoms with Crippen LogP contribution in [0.15, 0.2) is 47.9 Å². The van der Waals surface area contributed by atoms with Crippen LogP contribution in [-0.4, -0.2) is 12.0 Å². The molecule has 0 bridgehead atoms. The molecule has 1 atom stereocenters. The molecule has 108 valence electrons. The van der Waals surface area contributed by atoms with Crippen LogP contribution in [0.3, 0.4) is 0 Å². The number of nitrogens with one attached hydrogen (secondary N) is 2. The summed E-state index contributed by atoms with van der Waals surface area (Å²) in [5.74, 6) is -0.182. The van der Waals surface area contributed by atoms with Gasteiger partial charge in [-0.2, -0.15) is 0 Å². The number of carbonyl (C=O) groups is 1. The second-order valence-electron chi connectivity index (χ2n) is 4.50. The lowest BCUT2D eigenvalue weighted by atomic mass is 10.1. The molecule has 0 spiro atoms. The maximum atomic E-state index is 12.1. The van der Waals surface area contributed by atoms with Crippen LogP contribution in [0.25, 0.3) is 5.70 Å². The fraction of sp³-hybridized carbons (Fsp3) is 0.133. The Morgan fingerprint density at radius 1 is 1.33 bits per heavy atom. The number of thiophene rings is 1. The molecule has 4 nitrogen and oxygen atoms in total. The van der Waals surface area contributed by atoms with Crippen molar-refractivity contribution in [2.45, 2.75) is 12.6 Å². The molecular weight excluding hydrogens is 308 g/mol. The van der Waals surface area contributed by atoms with E-state index in [1.807, 2.05) is 35.7 Å². The van der Waals surface area contributed by atoms with Crippen LogP contribution in [0, 0.1) is 0 Å². The first-order valence-electron chi connectivity index (χ1n) is 6.42. The van der Waals surface area contributed by atoms with E-state index in [0.29, 0.717) is 17.3 Å². The predicted octanol–water partition coefficient (Wildman–Crippen LogP) is 2.96. The molecule has 0 fully saturated rings. The highest BCUT2D eigenvalue weighted by molar-refractivity contribution is 7.09. The summed E-state index contributed by atoms with van der Waals surface area (Å²) in [7, 11) is 0. The third-order valence-electron chi connectivity index (χ3n) is 3.05. The van der Waals surface area contributed by atoms with Crippen molar-refractivity contribution in [1.82, 2.24) is 10.8 Å². The summed E-state index contributed by atoms with van der Waals surface area (Å²) in [6.07, 6.45) is 1.07. The summed E-state index contributed by atoms with van der Waals surface area (Å²) in [4.78, 5) is 18.5. The first-order chi connectivity index (χ1) is 10.2. The van der Waals surface area contributed by atoms with E-state index < -0.39 is 6.10 Å². The molecule has 1 aliphatic heterocycles. The van der Waals surface area contributed by atoms with Crippen LogP contribution < -0.4 is 10.8 Å². The summed E-state index contributed by atoms with van der Waals surface area (Å²) in [5, 5.41) is 5.43. The Balaban J connectivity index is 1.65. The molecule has 2 N–H and O–H groups in total. The molecule has 0 radical (unpaired) electrons. The summed E-state index contributed by atoms with van der Waals surface area (Å²) in [6.45, 7) is 0.506. The van der Waals surface area contributed by atoms with Crippen molar-refractivity contribution in [3.8, 4) is 0 Å². The topological polar surface area (TPSA) is 50.4 Å². The molecule has 21 heavy (non-hydrogen) atoms. The van der Waals surface area contributed by atoms with Gasteiger partial charge in [-0.05, 0) is 23.6 Å². The Kier molecular flexibility index (Phi) is 4.24. The molecule has 1 aromatic heterocycles. The smallest absolute Gasteiger partial charge is 0.256 e. The molecular formula is C15H13ClN2O2S. The van der Waals surface area contributed by atoms with E-state index in [1.165, 1.54) is 0 Å². The van der Waals surface area contributed by atoms with E-state index in [2.05, 4.69) is 10.8 Å². The molecule has 6 heteroatoms. The average Bonchev–Trinajstić information content (AvgIpc) is 3.17. The maximum absolute atomic E-state index is 12.1. The molecule has 3 rings (SSSR count). The van der Waals surface area contributed by atoms with Gasteiger partial charge in [-0.3, -0.25) is 15.1 Å². The van der Waals surface area contributed by atoms with Crippen molar-refractivity contribution in [2.24, 2.45) is 0 Å². The molecule has 1 aromatic carbocycles. The van der Waals surface area contributed by atoms with Gasteiger partial charge in [-0.1, -0.05) is 35.9 Å². The first-order valence-corrected chi connectivity index (χ1v) is 7.68. The molecule has 2 heterocycles. The van der Waals surface area contributed by atoms with Gasteiger partial charge in [0.25, 0.3) is 5.91 Å². The third-order valence-corrected chi connectivity index (χ3v) is 4.26. The molecule has 1 amide bonds. The lowest BCUT2D eigenvalue weighted by molar-refractivity contribution is -0.131. The molecule has 2 aromatic rings. The highest BCUT2D eigenvalue weighted by Gasteiger charge is 2.25. The largest absolute Gasteiger partial charge is 0.349 e. The standard InChI is InChI=1S/C15H13ClN2O2S/c16-12-6-2-1-5-11(12)13-8-14(20-18-13)15(19)17-9-10-4-3-7-21-10/h1-8,14,18H,9H2,(H,17,19)/t14-/m1/s1. The Labute approximate surface area is 131 Å². The Bertz CT molecular complexity index is 670. The van der Waals surface area contributed by atoms with E-state index in [4.69, 9.17) is 16.4 Å².